The summed E-state index contributed by atoms with van der Waals surface area (Å²) in [5.74, 6) is 2.57. The van der Waals surface area contributed by atoms with Crippen LogP contribution >= 0.6 is 7.51 Å². The number of hydrogen-bond acceptors (Lipinski definition) is 7. The molecule has 0 fully saturated rings. The molecular weight excluding hydrogens is 1340 g/mol. The van der Waals surface area contributed by atoms with Crippen LogP contribution in [0.4, 0.5) is 0 Å². The van der Waals surface area contributed by atoms with Crippen molar-refractivity contribution in [3.63, 3.8) is 0 Å². The molecule has 0 bridgehead atoms. The molecule has 0 unspecified atom stereocenters. The van der Waals surface area contributed by atoms with Crippen molar-refractivity contribution in [2.45, 2.75) is 128 Å². The van der Waals surface area contributed by atoms with Crippen LogP contribution < -0.4 is 28.5 Å². The normalized spacial score (nSPS) is 12.6. The maximum atomic E-state index is 8.00. The number of hydrogen-bond donors (Lipinski definition) is 0. The predicted octanol–water partition coefficient (Wildman–Crippen LogP) is 23.6. The van der Waals surface area contributed by atoms with Gasteiger partial charge in [0.1, 0.15) is 28.7 Å². The van der Waals surface area contributed by atoms with Crippen molar-refractivity contribution in [2.24, 2.45) is 4.91 Å². The summed E-state index contributed by atoms with van der Waals surface area (Å²) >= 11 is 0. The van der Waals surface area contributed by atoms with E-state index in [1.807, 2.05) is 151 Å². The lowest BCUT2D eigenvalue weighted by Gasteiger charge is -2.50. The van der Waals surface area contributed by atoms with Gasteiger partial charge in [-0.15, -0.1) is 0 Å². The first kappa shape index (κ1) is 76.2. The Morgan fingerprint density at radius 2 is 0.411 bits per heavy atom. The summed E-state index contributed by atoms with van der Waals surface area (Å²) in [6.45, 7) is 26.8. The zero-order valence-electron chi connectivity index (χ0n) is 64.9. The second-order valence-electron chi connectivity index (χ2n) is 31.2. The van der Waals surface area contributed by atoms with E-state index in [4.69, 9.17) is 33.4 Å². The Morgan fingerprint density at radius 1 is 0.234 bits per heavy atom. The highest BCUT2D eigenvalue weighted by molar-refractivity contribution is 7.59. The number of rotatable bonds is 29. The first-order chi connectivity index (χ1) is 51.1. The maximum Gasteiger partial charge on any atom is 0.507 e. The van der Waals surface area contributed by atoms with Crippen LogP contribution in [-0.4, -0.2) is 54.7 Å². The van der Waals surface area contributed by atoms with E-state index >= 15 is 0 Å². The molecule has 12 rings (SSSR count). The predicted molar refractivity (Wildman–Crippen MR) is 439 cm³/mol. The molecule has 0 aliphatic carbocycles. The van der Waals surface area contributed by atoms with Crippen LogP contribution in [0.15, 0.2) is 332 Å². The molecule has 0 saturated carbocycles. The molecule has 0 saturated heterocycles. The second-order valence-corrected chi connectivity index (χ2v) is 34.5. The molecule has 0 N–H and O–H groups in total. The van der Waals surface area contributed by atoms with Gasteiger partial charge in [-0.25, -0.2) is 9.34 Å². The van der Waals surface area contributed by atoms with E-state index in [9.17, 15) is 0 Å². The smallest absolute Gasteiger partial charge is 0.441 e. The first-order valence-corrected chi connectivity index (χ1v) is 38.6. The Morgan fingerprint density at radius 3 is 0.607 bits per heavy atom. The molecule has 0 aliphatic heterocycles. The van der Waals surface area contributed by atoms with Gasteiger partial charge in [0, 0.05) is 32.5 Å². The van der Waals surface area contributed by atoms with Gasteiger partial charge in [-0.3, -0.25) is 0 Å². The average Bonchev–Trinajstić information content (AvgIpc) is 0.727. The van der Waals surface area contributed by atoms with Crippen LogP contribution in [-0.2, 0) is 32.5 Å². The number of benzene rings is 12. The van der Waals surface area contributed by atoms with Gasteiger partial charge in [-0.1, -0.05) is 347 Å². The van der Waals surface area contributed by atoms with E-state index in [-0.39, 0.29) is 16.2 Å². The summed E-state index contributed by atoms with van der Waals surface area (Å²) < 4.78 is 45.4. The molecule has 548 valence electrons. The van der Waals surface area contributed by atoms with E-state index < -0.39 is 36.3 Å². The Hall–Kier alpha value is -10.5. The highest BCUT2D eigenvalue weighted by Gasteiger charge is 2.62. The fourth-order valence-electron chi connectivity index (χ4n) is 14.2. The number of nitrogens with zero attached hydrogens (tertiary/aromatic N) is 4. The lowest BCUT2D eigenvalue weighted by Crippen LogP contribution is -2.67. The van der Waals surface area contributed by atoms with Crippen LogP contribution in [0.25, 0.3) is 0 Å². The third-order valence-electron chi connectivity index (χ3n) is 21.7. The van der Waals surface area contributed by atoms with Crippen molar-refractivity contribution in [2.75, 3.05) is 28.2 Å². The lowest BCUT2D eigenvalue weighted by atomic mass is 9.78. The molecule has 12 aromatic carbocycles. The Balaban J connectivity index is 1.14. The summed E-state index contributed by atoms with van der Waals surface area (Å²) in [6, 6.07) is 112. The fourth-order valence-corrected chi connectivity index (χ4v) is 17.1. The summed E-state index contributed by atoms with van der Waals surface area (Å²) in [6.07, 6.45) is -4.10. The van der Waals surface area contributed by atoms with Crippen molar-refractivity contribution in [1.82, 2.24) is 14.0 Å². The van der Waals surface area contributed by atoms with Gasteiger partial charge in [-0.05, 0) is 168 Å². The topological polar surface area (TPSA) is 77.5 Å². The molecule has 0 radical (unpaired) electrons. The van der Waals surface area contributed by atoms with Crippen LogP contribution in [0, 0.1) is 0 Å². The molecule has 11 heteroatoms. The quantitative estimate of drug-likeness (QED) is 0.0259. The Bertz CT molecular complexity index is 4540. The molecule has 0 amide bonds. The monoisotopic (exact) mass is 1440 g/mol. The molecule has 0 aromatic heterocycles. The average molecular weight is 1440 g/mol. The third kappa shape index (κ3) is 16.3. The van der Waals surface area contributed by atoms with Crippen molar-refractivity contribution >= 4 is 7.51 Å². The molecular formula is C96H103N4O6P. The van der Waals surface area contributed by atoms with Gasteiger partial charge in [-0.2, -0.15) is 0 Å². The molecule has 0 heterocycles. The zero-order valence-corrected chi connectivity index (χ0v) is 65.8. The van der Waals surface area contributed by atoms with Crippen LogP contribution in [0.2, 0.25) is 0 Å². The van der Waals surface area contributed by atoms with Gasteiger partial charge in [0.25, 0.3) is 0 Å². The van der Waals surface area contributed by atoms with Gasteiger partial charge in [0.05, 0.1) is 0 Å². The Labute approximate surface area is 636 Å². The molecule has 10 nitrogen and oxygen atoms in total. The van der Waals surface area contributed by atoms with Gasteiger partial charge in [0.2, 0.25) is 7.51 Å². The van der Waals surface area contributed by atoms with Crippen molar-refractivity contribution in [3.8, 4) is 34.5 Å². The van der Waals surface area contributed by atoms with Crippen LogP contribution in [0.5, 0.6) is 34.5 Å². The molecule has 0 spiro atoms. The largest absolute Gasteiger partial charge is 0.507 e. The van der Waals surface area contributed by atoms with Crippen molar-refractivity contribution in [3.05, 3.63) is 394 Å². The minimum Gasteiger partial charge on any atom is -0.441 e. The van der Waals surface area contributed by atoms with E-state index in [0.29, 0.717) is 34.5 Å². The van der Waals surface area contributed by atoms with Gasteiger partial charge < -0.3 is 28.5 Å². The molecule has 12 aromatic rings. The summed E-state index contributed by atoms with van der Waals surface area (Å²) in [5.41, 5.74) is 11.1. The van der Waals surface area contributed by atoms with Crippen LogP contribution in [0.3, 0.4) is 0 Å². The third-order valence-corrected chi connectivity index (χ3v) is 25.2. The molecule has 107 heavy (non-hydrogen) atoms. The summed E-state index contributed by atoms with van der Waals surface area (Å²) in [7, 11) is 3.93. The molecule has 0 aliphatic rings. The summed E-state index contributed by atoms with van der Waals surface area (Å²) in [4.78, 5) is 12.8. The van der Waals surface area contributed by atoms with Gasteiger partial charge >= 0.3 is 12.5 Å². The van der Waals surface area contributed by atoms with E-state index in [1.165, 1.54) is 16.7 Å². The minimum atomic E-state index is -3.97. The SMILES string of the molecule is CN(C)P(=NOc1ccc(C(C)(C)c2ccccc2)cc1)(N(C)C)N(C(Oc1ccc(C(C)(C)c2ccccc2)cc1)Oc1ccc(C(C)(C)c2ccccc2)cc1)C(Oc1ccc(C(C)(C)c2ccccc2)cc1)(Oc1ccc(C(C)(C)c2ccccc2)cc1)Oc1ccc(C(C)(C)c2ccccc2)cc1. The highest BCUT2D eigenvalue weighted by Crippen LogP contribution is 2.62. The maximum absolute atomic E-state index is 8.00. The fraction of sp³-hybridized carbons (Fsp3) is 0.250. The summed E-state index contributed by atoms with van der Waals surface area (Å²) in [5, 5.41) is 0. The van der Waals surface area contributed by atoms with Crippen molar-refractivity contribution < 1.29 is 28.5 Å². The van der Waals surface area contributed by atoms with Crippen molar-refractivity contribution in [1.29, 1.82) is 0 Å². The Kier molecular flexibility index (Phi) is 22.5. The van der Waals surface area contributed by atoms with E-state index in [0.717, 1.165) is 50.1 Å². The second kappa shape index (κ2) is 31.5. The standard InChI is InChI=1S/C96H103N4O6P/c1-90(2,71-35-23-17-24-36-71)77-47-59-83(60-48-77)101-89(102-84-61-49-78(50-62-84)91(3,4)72-37-25-18-26-38-72)100(107(98(13)14,99(15)16)97-106-88-69-57-82(58-70-88)95(11,12)76-45-33-22-34-46-76)96(103-85-63-51-79(52-64-85)92(5,6)73-39-27-19-28-40-73,104-86-65-53-80(54-66-86)93(7,8)74-41-29-20-30-42-74)105-87-67-55-81(56-68-87)94(9,10)75-43-31-21-32-44-75/h17-70,89H,1-16H3. The molecule has 0 atom stereocenters. The zero-order chi connectivity index (χ0) is 75.8. The first-order valence-electron chi connectivity index (χ1n) is 37.0. The number of ether oxygens (including phenoxy) is 5. The van der Waals surface area contributed by atoms with E-state index in [1.54, 1.807) is 0 Å². The van der Waals surface area contributed by atoms with Crippen LogP contribution in [0.1, 0.15) is 150 Å². The van der Waals surface area contributed by atoms with E-state index in [2.05, 4.69) is 301 Å². The lowest BCUT2D eigenvalue weighted by molar-refractivity contribution is -0.353. The van der Waals surface area contributed by atoms with Gasteiger partial charge in [0.15, 0.2) is 5.75 Å². The minimum absolute atomic E-state index is 0.337. The highest BCUT2D eigenvalue weighted by atomic mass is 31.2.